The molecule has 1 atom stereocenters. The van der Waals surface area contributed by atoms with Gasteiger partial charge >= 0.3 is 5.69 Å². The average Bonchev–Trinajstić information content (AvgIpc) is 2.41. The van der Waals surface area contributed by atoms with E-state index in [9.17, 15) is 14.5 Å². The monoisotopic (exact) mass is 277 g/mol. The minimum atomic E-state index is -0.706. The summed E-state index contributed by atoms with van der Waals surface area (Å²) in [5, 5.41) is 10.8. The SMILES string of the molecule is C[C@@H](N)c1ccc(Oc2ccc(F)cc2[N+](=O)[O-])cn1. The van der Waals surface area contributed by atoms with Crippen molar-refractivity contribution in [1.29, 1.82) is 0 Å². The van der Waals surface area contributed by atoms with Crippen molar-refractivity contribution in [1.82, 2.24) is 4.98 Å². The molecule has 0 radical (unpaired) electrons. The quantitative estimate of drug-likeness (QED) is 0.685. The Bertz CT molecular complexity index is 629. The summed E-state index contributed by atoms with van der Waals surface area (Å²) in [5.41, 5.74) is 5.89. The van der Waals surface area contributed by atoms with Crippen molar-refractivity contribution in [3.8, 4) is 11.5 Å². The van der Waals surface area contributed by atoms with E-state index in [1.54, 1.807) is 19.1 Å². The molecule has 0 saturated heterocycles. The topological polar surface area (TPSA) is 91.3 Å². The van der Waals surface area contributed by atoms with Crippen LogP contribution in [0.25, 0.3) is 0 Å². The predicted octanol–water partition coefficient (Wildman–Crippen LogP) is 2.94. The fourth-order valence-corrected chi connectivity index (χ4v) is 1.57. The second-order valence-electron chi connectivity index (χ2n) is 4.18. The Morgan fingerprint density at radius 3 is 2.70 bits per heavy atom. The van der Waals surface area contributed by atoms with Gasteiger partial charge in [-0.2, -0.15) is 0 Å². The van der Waals surface area contributed by atoms with Gasteiger partial charge in [0.1, 0.15) is 11.6 Å². The van der Waals surface area contributed by atoms with Crippen LogP contribution in [-0.2, 0) is 0 Å². The summed E-state index contributed by atoms with van der Waals surface area (Å²) >= 11 is 0. The first-order valence-corrected chi connectivity index (χ1v) is 5.80. The van der Waals surface area contributed by atoms with Crippen LogP contribution >= 0.6 is 0 Å². The summed E-state index contributed by atoms with van der Waals surface area (Å²) in [6, 6.07) is 6.14. The number of nitro benzene ring substituents is 1. The summed E-state index contributed by atoms with van der Waals surface area (Å²) in [6.07, 6.45) is 1.41. The number of hydrogen-bond acceptors (Lipinski definition) is 5. The van der Waals surface area contributed by atoms with Crippen LogP contribution in [0.3, 0.4) is 0 Å². The van der Waals surface area contributed by atoms with Gasteiger partial charge in [0.05, 0.1) is 22.9 Å². The van der Waals surface area contributed by atoms with Gasteiger partial charge in [-0.15, -0.1) is 0 Å². The molecule has 7 heteroatoms. The molecule has 0 fully saturated rings. The number of nitro groups is 1. The molecule has 0 aliphatic rings. The Morgan fingerprint density at radius 1 is 1.40 bits per heavy atom. The van der Waals surface area contributed by atoms with E-state index in [1.165, 1.54) is 12.3 Å². The van der Waals surface area contributed by atoms with Crippen molar-refractivity contribution in [2.24, 2.45) is 5.73 Å². The molecule has 0 aliphatic heterocycles. The van der Waals surface area contributed by atoms with Crippen LogP contribution < -0.4 is 10.5 Å². The summed E-state index contributed by atoms with van der Waals surface area (Å²) in [6.45, 7) is 1.79. The van der Waals surface area contributed by atoms with Crippen molar-refractivity contribution in [2.45, 2.75) is 13.0 Å². The van der Waals surface area contributed by atoms with E-state index in [0.717, 1.165) is 12.1 Å². The highest BCUT2D eigenvalue weighted by Gasteiger charge is 2.17. The van der Waals surface area contributed by atoms with Gasteiger partial charge < -0.3 is 10.5 Å². The molecule has 1 heterocycles. The molecule has 20 heavy (non-hydrogen) atoms. The third kappa shape index (κ3) is 3.07. The first-order chi connectivity index (χ1) is 9.47. The van der Waals surface area contributed by atoms with E-state index < -0.39 is 16.4 Å². The highest BCUT2D eigenvalue weighted by atomic mass is 19.1. The Morgan fingerprint density at radius 2 is 2.15 bits per heavy atom. The molecular formula is C13H12FN3O3. The van der Waals surface area contributed by atoms with Gasteiger partial charge in [-0.3, -0.25) is 15.1 Å². The molecule has 0 bridgehead atoms. The summed E-state index contributed by atoms with van der Waals surface area (Å²) < 4.78 is 18.4. The van der Waals surface area contributed by atoms with Crippen LogP contribution in [0.5, 0.6) is 11.5 Å². The smallest absolute Gasteiger partial charge is 0.314 e. The first-order valence-electron chi connectivity index (χ1n) is 5.80. The standard InChI is InChI=1S/C13H12FN3O3/c1-8(15)11-4-3-10(7-16-11)20-13-5-2-9(14)6-12(13)17(18)19/h2-8H,15H2,1H3/t8-/m1/s1. The average molecular weight is 277 g/mol. The lowest BCUT2D eigenvalue weighted by Gasteiger charge is -2.08. The largest absolute Gasteiger partial charge is 0.449 e. The normalized spacial score (nSPS) is 11.9. The lowest BCUT2D eigenvalue weighted by Crippen LogP contribution is -2.06. The number of ether oxygens (including phenoxy) is 1. The number of rotatable bonds is 4. The molecule has 2 rings (SSSR count). The van der Waals surface area contributed by atoms with Crippen LogP contribution in [0.15, 0.2) is 36.5 Å². The van der Waals surface area contributed by atoms with E-state index in [1.807, 2.05) is 0 Å². The molecule has 104 valence electrons. The highest BCUT2D eigenvalue weighted by Crippen LogP contribution is 2.31. The maximum absolute atomic E-state index is 13.0. The van der Waals surface area contributed by atoms with Gasteiger partial charge in [-0.1, -0.05) is 0 Å². The molecule has 1 aromatic carbocycles. The molecule has 0 spiro atoms. The van der Waals surface area contributed by atoms with E-state index in [4.69, 9.17) is 10.5 Å². The zero-order chi connectivity index (χ0) is 14.7. The lowest BCUT2D eigenvalue weighted by molar-refractivity contribution is -0.385. The van der Waals surface area contributed by atoms with Gasteiger partial charge in [0.2, 0.25) is 5.75 Å². The van der Waals surface area contributed by atoms with Gasteiger partial charge in [-0.05, 0) is 31.2 Å². The predicted molar refractivity (Wildman–Crippen MR) is 70.0 cm³/mol. The van der Waals surface area contributed by atoms with Crippen LogP contribution in [0.4, 0.5) is 10.1 Å². The zero-order valence-electron chi connectivity index (χ0n) is 10.6. The summed E-state index contributed by atoms with van der Waals surface area (Å²) in [5.74, 6) is -0.440. The second-order valence-corrected chi connectivity index (χ2v) is 4.18. The van der Waals surface area contributed by atoms with Crippen LogP contribution in [-0.4, -0.2) is 9.91 Å². The van der Waals surface area contributed by atoms with Gasteiger partial charge in [-0.25, -0.2) is 4.39 Å². The maximum atomic E-state index is 13.0. The Balaban J connectivity index is 2.28. The number of halogens is 1. The molecular weight excluding hydrogens is 265 g/mol. The first kappa shape index (κ1) is 13.9. The van der Waals surface area contributed by atoms with E-state index >= 15 is 0 Å². The van der Waals surface area contributed by atoms with Crippen LogP contribution in [0, 0.1) is 15.9 Å². The van der Waals surface area contributed by atoms with Crippen LogP contribution in [0.1, 0.15) is 18.7 Å². The molecule has 0 unspecified atom stereocenters. The van der Waals surface area contributed by atoms with E-state index in [-0.39, 0.29) is 11.8 Å². The van der Waals surface area contributed by atoms with Crippen molar-refractivity contribution in [2.75, 3.05) is 0 Å². The van der Waals surface area contributed by atoms with Crippen molar-refractivity contribution < 1.29 is 14.1 Å². The fourth-order valence-electron chi connectivity index (χ4n) is 1.57. The summed E-state index contributed by atoms with van der Waals surface area (Å²) in [7, 11) is 0. The number of benzene rings is 1. The van der Waals surface area contributed by atoms with Gasteiger partial charge in [0.25, 0.3) is 0 Å². The second kappa shape index (κ2) is 5.62. The van der Waals surface area contributed by atoms with Crippen molar-refractivity contribution >= 4 is 5.69 Å². The Kier molecular flexibility index (Phi) is 3.90. The molecule has 0 aliphatic carbocycles. The number of pyridine rings is 1. The third-order valence-corrected chi connectivity index (χ3v) is 2.57. The number of hydrogen-bond donors (Lipinski definition) is 1. The fraction of sp³-hybridized carbons (Fsp3) is 0.154. The number of aromatic nitrogens is 1. The maximum Gasteiger partial charge on any atom is 0.314 e. The molecule has 1 aromatic heterocycles. The minimum absolute atomic E-state index is 0.0493. The number of nitrogens with zero attached hydrogens (tertiary/aromatic N) is 2. The molecule has 2 aromatic rings. The van der Waals surface area contributed by atoms with E-state index in [0.29, 0.717) is 11.4 Å². The minimum Gasteiger partial charge on any atom is -0.449 e. The lowest BCUT2D eigenvalue weighted by atomic mass is 10.2. The van der Waals surface area contributed by atoms with Gasteiger partial charge in [0.15, 0.2) is 0 Å². The zero-order valence-corrected chi connectivity index (χ0v) is 10.6. The molecule has 0 amide bonds. The third-order valence-electron chi connectivity index (χ3n) is 2.57. The Hall–Kier alpha value is -2.54. The molecule has 6 nitrogen and oxygen atoms in total. The van der Waals surface area contributed by atoms with E-state index in [2.05, 4.69) is 4.98 Å². The highest BCUT2D eigenvalue weighted by molar-refractivity contribution is 5.48. The van der Waals surface area contributed by atoms with Crippen molar-refractivity contribution in [3.63, 3.8) is 0 Å². The van der Waals surface area contributed by atoms with Crippen LogP contribution in [0.2, 0.25) is 0 Å². The Labute approximate surface area is 114 Å². The summed E-state index contributed by atoms with van der Waals surface area (Å²) in [4.78, 5) is 14.2. The molecule has 0 saturated carbocycles. The van der Waals surface area contributed by atoms with Gasteiger partial charge in [0, 0.05) is 6.04 Å². The van der Waals surface area contributed by atoms with Crippen molar-refractivity contribution in [3.05, 3.63) is 58.2 Å². The number of nitrogens with two attached hydrogens (primary N) is 1. The molecule has 2 N–H and O–H groups in total.